The lowest BCUT2D eigenvalue weighted by atomic mass is 10.0. The molecule has 1 saturated heterocycles. The highest BCUT2D eigenvalue weighted by Gasteiger charge is 2.35. The molecule has 1 aliphatic rings. The van der Waals surface area contributed by atoms with Crippen LogP contribution in [-0.2, 0) is 10.9 Å². The van der Waals surface area contributed by atoms with Crippen molar-refractivity contribution in [2.45, 2.75) is 12.3 Å². The fourth-order valence-corrected chi connectivity index (χ4v) is 2.63. The number of benzene rings is 1. The van der Waals surface area contributed by atoms with Crippen LogP contribution in [0, 0.1) is 0 Å². The number of esters is 1. The zero-order valence-electron chi connectivity index (χ0n) is 14.2. The van der Waals surface area contributed by atoms with E-state index in [1.807, 2.05) is 0 Å². The van der Waals surface area contributed by atoms with Gasteiger partial charge in [-0.05, 0) is 18.2 Å². The molecule has 0 aliphatic carbocycles. The van der Waals surface area contributed by atoms with Gasteiger partial charge in [-0.3, -0.25) is 4.79 Å². The minimum absolute atomic E-state index is 0.147. The van der Waals surface area contributed by atoms with Gasteiger partial charge in [0.15, 0.2) is 0 Å². The highest BCUT2D eigenvalue weighted by Crippen LogP contribution is 2.31. The molecule has 0 radical (unpaired) electrons. The smallest absolute Gasteiger partial charge is 0.416 e. The van der Waals surface area contributed by atoms with Crippen molar-refractivity contribution in [3.8, 4) is 5.88 Å². The number of aromatic nitrogens is 1. The van der Waals surface area contributed by atoms with E-state index in [-0.39, 0.29) is 36.0 Å². The summed E-state index contributed by atoms with van der Waals surface area (Å²) in [7, 11) is 1.22. The topological polar surface area (TPSA) is 68.7 Å². The van der Waals surface area contributed by atoms with E-state index in [0.29, 0.717) is 0 Å². The number of hydrogen-bond donors (Lipinski definition) is 0. The van der Waals surface area contributed by atoms with Crippen LogP contribution < -0.4 is 4.74 Å². The maximum Gasteiger partial charge on any atom is 0.416 e. The summed E-state index contributed by atoms with van der Waals surface area (Å²) in [5, 5.41) is 0. The third-order valence-electron chi connectivity index (χ3n) is 4.05. The summed E-state index contributed by atoms with van der Waals surface area (Å²) in [4.78, 5) is 29.5. The second-order valence-electron chi connectivity index (χ2n) is 5.87. The van der Waals surface area contributed by atoms with Gasteiger partial charge < -0.3 is 14.4 Å². The molecule has 0 spiro atoms. The van der Waals surface area contributed by atoms with Crippen molar-refractivity contribution < 1.29 is 32.2 Å². The van der Waals surface area contributed by atoms with Crippen LogP contribution in [0.4, 0.5) is 13.2 Å². The third-order valence-corrected chi connectivity index (χ3v) is 4.05. The molecule has 0 N–H and O–H groups in total. The third kappa shape index (κ3) is 4.02. The molecular weight excluding hydrogens is 365 g/mol. The number of pyridine rings is 1. The van der Waals surface area contributed by atoms with Crippen LogP contribution in [0.3, 0.4) is 0 Å². The first kappa shape index (κ1) is 18.7. The number of ether oxygens (including phenoxy) is 2. The lowest BCUT2D eigenvalue weighted by molar-refractivity contribution is -0.137. The van der Waals surface area contributed by atoms with Gasteiger partial charge in [0, 0.05) is 12.3 Å². The van der Waals surface area contributed by atoms with Crippen LogP contribution in [-0.4, -0.2) is 48.1 Å². The molecule has 1 aromatic carbocycles. The summed E-state index contributed by atoms with van der Waals surface area (Å²) >= 11 is 0. The van der Waals surface area contributed by atoms with Gasteiger partial charge in [0.2, 0.25) is 5.88 Å². The molecule has 9 heteroatoms. The minimum Gasteiger partial charge on any atom is -0.471 e. The molecule has 2 aromatic rings. The Kier molecular flexibility index (Phi) is 5.02. The number of nitrogens with zero attached hydrogens (tertiary/aromatic N) is 2. The normalized spacial score (nSPS) is 14.4. The minimum atomic E-state index is -4.49. The van der Waals surface area contributed by atoms with Gasteiger partial charge in [0.1, 0.15) is 6.10 Å². The molecule has 0 atom stereocenters. The SMILES string of the molecule is COC(=O)c1ccccc1C(=O)N1CC(Oc2cc(C(F)(F)F)ccn2)C1. The van der Waals surface area contributed by atoms with E-state index in [9.17, 15) is 22.8 Å². The maximum absolute atomic E-state index is 12.7. The Balaban J connectivity index is 1.64. The van der Waals surface area contributed by atoms with Gasteiger partial charge in [-0.15, -0.1) is 0 Å². The van der Waals surface area contributed by atoms with Crippen molar-refractivity contribution in [1.82, 2.24) is 9.88 Å². The number of amides is 1. The number of likely N-dealkylation sites (tertiary alicyclic amines) is 1. The lowest BCUT2D eigenvalue weighted by Crippen LogP contribution is -2.56. The molecule has 142 valence electrons. The summed E-state index contributed by atoms with van der Waals surface area (Å²) in [6.45, 7) is 0.346. The largest absolute Gasteiger partial charge is 0.471 e. The summed E-state index contributed by atoms with van der Waals surface area (Å²) in [5.74, 6) is -1.16. The first-order chi connectivity index (χ1) is 12.8. The van der Waals surface area contributed by atoms with E-state index in [4.69, 9.17) is 4.74 Å². The Morgan fingerprint density at radius 1 is 1.15 bits per heavy atom. The van der Waals surface area contributed by atoms with Crippen LogP contribution in [0.1, 0.15) is 26.3 Å². The number of carbonyl (C=O) groups excluding carboxylic acids is 2. The van der Waals surface area contributed by atoms with Gasteiger partial charge in [0.25, 0.3) is 5.91 Å². The van der Waals surface area contributed by atoms with Crippen LogP contribution >= 0.6 is 0 Å². The predicted molar refractivity (Wildman–Crippen MR) is 87.3 cm³/mol. The molecule has 3 rings (SSSR count). The molecule has 2 heterocycles. The zero-order chi connectivity index (χ0) is 19.6. The van der Waals surface area contributed by atoms with Gasteiger partial charge in [-0.1, -0.05) is 12.1 Å². The van der Waals surface area contributed by atoms with E-state index in [1.165, 1.54) is 24.1 Å². The first-order valence-corrected chi connectivity index (χ1v) is 7.96. The maximum atomic E-state index is 12.7. The standard InChI is InChI=1S/C18H15F3N2O4/c1-26-17(25)14-5-3-2-4-13(14)16(24)23-9-12(10-23)27-15-8-11(6-7-22-15)18(19,20)21/h2-8,12H,9-10H2,1H3. The average molecular weight is 380 g/mol. The summed E-state index contributed by atoms with van der Waals surface area (Å²) in [6.07, 6.45) is -3.94. The molecule has 6 nitrogen and oxygen atoms in total. The molecular formula is C18H15F3N2O4. The number of halogens is 3. The second-order valence-corrected chi connectivity index (χ2v) is 5.87. The van der Waals surface area contributed by atoms with Gasteiger partial charge in [-0.2, -0.15) is 13.2 Å². The van der Waals surface area contributed by atoms with E-state index < -0.39 is 23.8 Å². The van der Waals surface area contributed by atoms with Gasteiger partial charge in [0.05, 0.1) is 36.9 Å². The molecule has 1 aliphatic heterocycles. The Morgan fingerprint density at radius 3 is 2.44 bits per heavy atom. The second kappa shape index (κ2) is 7.26. The fraction of sp³-hybridized carbons (Fsp3) is 0.278. The molecule has 1 fully saturated rings. The fourth-order valence-electron chi connectivity index (χ4n) is 2.63. The van der Waals surface area contributed by atoms with E-state index in [0.717, 1.165) is 18.3 Å². The quantitative estimate of drug-likeness (QED) is 0.763. The van der Waals surface area contributed by atoms with Crippen LogP contribution in [0.15, 0.2) is 42.6 Å². The summed E-state index contributed by atoms with van der Waals surface area (Å²) in [5.41, 5.74) is -0.513. The Hall–Kier alpha value is -3.10. The van der Waals surface area contributed by atoms with E-state index in [2.05, 4.69) is 9.72 Å². The number of carbonyl (C=O) groups is 2. The van der Waals surface area contributed by atoms with Crippen molar-refractivity contribution in [3.63, 3.8) is 0 Å². The monoisotopic (exact) mass is 380 g/mol. The lowest BCUT2D eigenvalue weighted by Gasteiger charge is -2.38. The molecule has 0 saturated carbocycles. The highest BCUT2D eigenvalue weighted by molar-refractivity contribution is 6.05. The van der Waals surface area contributed by atoms with Crippen molar-refractivity contribution >= 4 is 11.9 Å². The average Bonchev–Trinajstić information content (AvgIpc) is 2.62. The van der Waals surface area contributed by atoms with Crippen molar-refractivity contribution in [3.05, 3.63) is 59.3 Å². The Morgan fingerprint density at radius 2 is 1.81 bits per heavy atom. The number of alkyl halides is 3. The summed E-state index contributed by atoms with van der Waals surface area (Å²) < 4.78 is 48.2. The molecule has 0 bridgehead atoms. The van der Waals surface area contributed by atoms with Gasteiger partial charge >= 0.3 is 12.1 Å². The zero-order valence-corrected chi connectivity index (χ0v) is 14.2. The van der Waals surface area contributed by atoms with Crippen LogP contribution in [0.2, 0.25) is 0 Å². The molecule has 1 aromatic heterocycles. The van der Waals surface area contributed by atoms with Crippen LogP contribution in [0.5, 0.6) is 5.88 Å². The highest BCUT2D eigenvalue weighted by atomic mass is 19.4. The number of hydrogen-bond acceptors (Lipinski definition) is 5. The Bertz CT molecular complexity index is 864. The number of rotatable bonds is 4. The van der Waals surface area contributed by atoms with Crippen LogP contribution in [0.25, 0.3) is 0 Å². The summed E-state index contributed by atoms with van der Waals surface area (Å²) in [6, 6.07) is 7.91. The molecule has 0 unspecified atom stereocenters. The van der Waals surface area contributed by atoms with Crippen molar-refractivity contribution in [2.24, 2.45) is 0 Å². The number of methoxy groups -OCH3 is 1. The molecule has 27 heavy (non-hydrogen) atoms. The Labute approximate surface area is 152 Å². The predicted octanol–water partition coefficient (Wildman–Crippen LogP) is 2.79. The van der Waals surface area contributed by atoms with Gasteiger partial charge in [-0.25, -0.2) is 9.78 Å². The first-order valence-electron chi connectivity index (χ1n) is 7.96. The van der Waals surface area contributed by atoms with E-state index in [1.54, 1.807) is 12.1 Å². The van der Waals surface area contributed by atoms with E-state index >= 15 is 0 Å². The van der Waals surface area contributed by atoms with Crippen molar-refractivity contribution in [1.29, 1.82) is 0 Å². The van der Waals surface area contributed by atoms with Crippen molar-refractivity contribution in [2.75, 3.05) is 20.2 Å². The molecule has 1 amide bonds.